The Kier molecular flexibility index (Phi) is 11.7. The van der Waals surface area contributed by atoms with Crippen molar-refractivity contribution in [2.45, 2.75) is 64.2 Å². The maximum Gasteiger partial charge on any atom is 0.217 e. The minimum Gasteiger partial charge on any atom is -0.493 e. The summed E-state index contributed by atoms with van der Waals surface area (Å²) >= 11 is 0. The number of carbonyl (C=O) groups is 2. The molecule has 0 aliphatic rings. The number of primary amides is 2. The molecule has 0 fully saturated rings. The zero-order valence-electron chi connectivity index (χ0n) is 16.2. The quantitative estimate of drug-likeness (QED) is 0.431. The fourth-order valence-corrected chi connectivity index (χ4v) is 2.68. The van der Waals surface area contributed by atoms with Crippen molar-refractivity contribution in [3.05, 3.63) is 30.7 Å². The van der Waals surface area contributed by atoms with Gasteiger partial charge in [0.25, 0.3) is 0 Å². The highest BCUT2D eigenvalue weighted by molar-refractivity contribution is 5.73. The predicted molar refractivity (Wildman–Crippen MR) is 106 cm³/mol. The van der Waals surface area contributed by atoms with E-state index in [0.717, 1.165) is 68.4 Å². The number of carbonyl (C=O) groups excluding carboxylic acids is 2. The number of amides is 2. The van der Waals surface area contributed by atoms with Gasteiger partial charge in [0, 0.05) is 18.9 Å². The molecule has 6 heteroatoms. The van der Waals surface area contributed by atoms with Gasteiger partial charge in [-0.25, -0.2) is 0 Å². The Bertz CT molecular complexity index is 531. The van der Waals surface area contributed by atoms with E-state index in [0.29, 0.717) is 26.1 Å². The molecular formula is C21H33N2O4. The van der Waals surface area contributed by atoms with Crippen LogP contribution in [0.2, 0.25) is 0 Å². The Morgan fingerprint density at radius 1 is 0.778 bits per heavy atom. The Labute approximate surface area is 162 Å². The van der Waals surface area contributed by atoms with Crippen molar-refractivity contribution in [3.63, 3.8) is 0 Å². The zero-order valence-corrected chi connectivity index (χ0v) is 16.2. The lowest BCUT2D eigenvalue weighted by Gasteiger charge is -2.12. The molecule has 2 amide bonds. The molecule has 1 radical (unpaired) electrons. The fraction of sp³-hybridized carbons (Fsp3) is 0.571. The van der Waals surface area contributed by atoms with Crippen LogP contribution in [0.4, 0.5) is 0 Å². The molecule has 0 aliphatic heterocycles. The van der Waals surface area contributed by atoms with Gasteiger partial charge in [-0.3, -0.25) is 9.59 Å². The van der Waals surface area contributed by atoms with Crippen LogP contribution in [0.25, 0.3) is 0 Å². The molecule has 151 valence electrons. The molecule has 0 saturated carbocycles. The van der Waals surface area contributed by atoms with E-state index in [9.17, 15) is 9.59 Å². The van der Waals surface area contributed by atoms with Gasteiger partial charge in [0.05, 0.1) is 13.2 Å². The van der Waals surface area contributed by atoms with Gasteiger partial charge in [0.2, 0.25) is 11.8 Å². The summed E-state index contributed by atoms with van der Waals surface area (Å²) in [5.74, 6) is 1.07. The normalized spacial score (nSPS) is 10.6. The number of rotatable bonds is 16. The van der Waals surface area contributed by atoms with Crippen LogP contribution >= 0.6 is 0 Å². The SMILES string of the molecule is [CH2]CCc1cc(OCCCCCC(N)=O)cc(OCCCCCC(N)=O)c1. The van der Waals surface area contributed by atoms with E-state index in [1.165, 1.54) is 0 Å². The summed E-state index contributed by atoms with van der Waals surface area (Å²) in [6.45, 7) is 5.10. The molecular weight excluding hydrogens is 344 g/mol. The average Bonchev–Trinajstić information content (AvgIpc) is 2.60. The van der Waals surface area contributed by atoms with Gasteiger partial charge in [-0.1, -0.05) is 6.92 Å². The third-order valence-electron chi connectivity index (χ3n) is 4.08. The van der Waals surface area contributed by atoms with Crippen molar-refractivity contribution in [2.24, 2.45) is 11.5 Å². The predicted octanol–water partition coefficient (Wildman–Crippen LogP) is 3.30. The second-order valence-corrected chi connectivity index (χ2v) is 6.67. The first kappa shape index (κ1) is 22.8. The fourth-order valence-electron chi connectivity index (χ4n) is 2.68. The Hall–Kier alpha value is -2.24. The van der Waals surface area contributed by atoms with Crippen LogP contribution in [0.3, 0.4) is 0 Å². The van der Waals surface area contributed by atoms with Gasteiger partial charge in [-0.05, 0) is 69.1 Å². The van der Waals surface area contributed by atoms with Gasteiger partial charge in [-0.15, -0.1) is 0 Å². The van der Waals surface area contributed by atoms with E-state index in [2.05, 4.69) is 6.92 Å². The Morgan fingerprint density at radius 3 is 1.67 bits per heavy atom. The first-order valence-electron chi connectivity index (χ1n) is 9.76. The number of unbranched alkanes of at least 4 members (excludes halogenated alkanes) is 4. The molecule has 0 bridgehead atoms. The first-order chi connectivity index (χ1) is 13.0. The molecule has 1 aromatic carbocycles. The van der Waals surface area contributed by atoms with E-state index >= 15 is 0 Å². The number of hydrogen-bond donors (Lipinski definition) is 2. The molecule has 0 heterocycles. The standard InChI is InChI=1S/C21H33N2O4/c1-2-9-17-14-18(26-12-7-3-5-10-20(22)24)16-19(15-17)27-13-8-4-6-11-21(23)25/h14-16H,1-13H2,(H2,22,24)(H2,23,25). The molecule has 1 rings (SSSR count). The molecule has 1 aromatic rings. The van der Waals surface area contributed by atoms with Crippen LogP contribution in [0, 0.1) is 6.92 Å². The minimum atomic E-state index is -0.256. The zero-order chi connectivity index (χ0) is 19.9. The third-order valence-corrected chi connectivity index (χ3v) is 4.08. The van der Waals surface area contributed by atoms with Crippen LogP contribution in [0.15, 0.2) is 18.2 Å². The Morgan fingerprint density at radius 2 is 1.26 bits per heavy atom. The summed E-state index contributed by atoms with van der Waals surface area (Å²) in [6, 6.07) is 5.95. The van der Waals surface area contributed by atoms with Crippen molar-refractivity contribution >= 4 is 11.8 Å². The highest BCUT2D eigenvalue weighted by atomic mass is 16.5. The van der Waals surface area contributed by atoms with Crippen LogP contribution < -0.4 is 20.9 Å². The van der Waals surface area contributed by atoms with E-state index in [1.807, 2.05) is 18.2 Å². The average molecular weight is 378 g/mol. The van der Waals surface area contributed by atoms with Crippen molar-refractivity contribution < 1.29 is 19.1 Å². The summed E-state index contributed by atoms with van der Waals surface area (Å²) in [5, 5.41) is 0. The van der Waals surface area contributed by atoms with Crippen molar-refractivity contribution in [3.8, 4) is 11.5 Å². The molecule has 0 atom stereocenters. The smallest absolute Gasteiger partial charge is 0.217 e. The van der Waals surface area contributed by atoms with Gasteiger partial charge in [-0.2, -0.15) is 0 Å². The minimum absolute atomic E-state index is 0.256. The van der Waals surface area contributed by atoms with Crippen molar-refractivity contribution in [1.29, 1.82) is 0 Å². The van der Waals surface area contributed by atoms with Gasteiger partial charge >= 0.3 is 0 Å². The molecule has 4 N–H and O–H groups in total. The number of aryl methyl sites for hydroxylation is 1. The van der Waals surface area contributed by atoms with Gasteiger partial charge in [0.1, 0.15) is 11.5 Å². The lowest BCUT2D eigenvalue weighted by Crippen LogP contribution is -2.10. The van der Waals surface area contributed by atoms with Crippen LogP contribution in [-0.2, 0) is 16.0 Å². The molecule has 0 spiro atoms. The topological polar surface area (TPSA) is 105 Å². The van der Waals surface area contributed by atoms with Crippen LogP contribution in [0.1, 0.15) is 63.4 Å². The first-order valence-corrected chi connectivity index (χ1v) is 9.76. The molecule has 0 saturated heterocycles. The number of ether oxygens (including phenoxy) is 2. The van der Waals surface area contributed by atoms with E-state index in [1.54, 1.807) is 0 Å². The second kappa shape index (κ2) is 13.9. The summed E-state index contributed by atoms with van der Waals surface area (Å²) in [4.78, 5) is 21.4. The largest absolute Gasteiger partial charge is 0.493 e. The maximum atomic E-state index is 10.7. The van der Waals surface area contributed by atoms with Crippen LogP contribution in [0.5, 0.6) is 11.5 Å². The summed E-state index contributed by atoms with van der Waals surface area (Å²) in [7, 11) is 0. The molecule has 27 heavy (non-hydrogen) atoms. The maximum absolute atomic E-state index is 10.7. The molecule has 0 unspecified atom stereocenters. The number of nitrogens with two attached hydrogens (primary N) is 2. The van der Waals surface area contributed by atoms with Crippen molar-refractivity contribution in [1.82, 2.24) is 0 Å². The van der Waals surface area contributed by atoms with Crippen LogP contribution in [-0.4, -0.2) is 25.0 Å². The van der Waals surface area contributed by atoms with Gasteiger partial charge in [0.15, 0.2) is 0 Å². The monoisotopic (exact) mass is 377 g/mol. The lowest BCUT2D eigenvalue weighted by atomic mass is 10.1. The third kappa shape index (κ3) is 11.9. The second-order valence-electron chi connectivity index (χ2n) is 6.67. The molecule has 0 aliphatic carbocycles. The highest BCUT2D eigenvalue weighted by Gasteiger charge is 2.04. The van der Waals surface area contributed by atoms with Gasteiger partial charge < -0.3 is 20.9 Å². The van der Waals surface area contributed by atoms with E-state index < -0.39 is 0 Å². The summed E-state index contributed by atoms with van der Waals surface area (Å²) in [5.41, 5.74) is 11.4. The number of benzene rings is 1. The summed E-state index contributed by atoms with van der Waals surface area (Å²) < 4.78 is 11.7. The van der Waals surface area contributed by atoms with Crippen molar-refractivity contribution in [2.75, 3.05) is 13.2 Å². The molecule has 0 aromatic heterocycles. The summed E-state index contributed by atoms with van der Waals surface area (Å²) in [6.07, 6.45) is 7.70. The molecule has 6 nitrogen and oxygen atoms in total. The highest BCUT2D eigenvalue weighted by Crippen LogP contribution is 2.24. The lowest BCUT2D eigenvalue weighted by molar-refractivity contribution is -0.119. The van der Waals surface area contributed by atoms with E-state index in [4.69, 9.17) is 20.9 Å². The van der Waals surface area contributed by atoms with E-state index in [-0.39, 0.29) is 11.8 Å². The number of hydrogen-bond acceptors (Lipinski definition) is 4. The Balaban J connectivity index is 2.40.